The molecule has 12 heavy (non-hydrogen) atoms. The van der Waals surface area contributed by atoms with Crippen molar-refractivity contribution in [2.75, 3.05) is 19.6 Å². The third-order valence-electron chi connectivity index (χ3n) is 3.53. The van der Waals surface area contributed by atoms with Gasteiger partial charge in [-0.2, -0.15) is 0 Å². The smallest absolute Gasteiger partial charge is 0.000654 e. The molecule has 0 atom stereocenters. The van der Waals surface area contributed by atoms with Gasteiger partial charge in [0.05, 0.1) is 0 Å². The summed E-state index contributed by atoms with van der Waals surface area (Å²) in [5.74, 6) is 1.08. The molecule has 1 saturated carbocycles. The van der Waals surface area contributed by atoms with Gasteiger partial charge in [0.15, 0.2) is 0 Å². The summed E-state index contributed by atoms with van der Waals surface area (Å²) >= 11 is 0. The highest BCUT2D eigenvalue weighted by Gasteiger charge is 2.17. The molecule has 0 unspecified atom stereocenters. The quantitative estimate of drug-likeness (QED) is 0.624. The van der Waals surface area contributed by atoms with Crippen LogP contribution in [-0.4, -0.2) is 24.5 Å². The van der Waals surface area contributed by atoms with Gasteiger partial charge in [-0.25, -0.2) is 0 Å². The molecular weight excluding hydrogens is 146 g/mol. The Morgan fingerprint density at radius 1 is 0.917 bits per heavy atom. The van der Waals surface area contributed by atoms with Crippen LogP contribution < -0.4 is 0 Å². The van der Waals surface area contributed by atoms with Crippen LogP contribution in [0.15, 0.2) is 0 Å². The SMILES string of the molecule is C1CCC(CCN2CCC2)CC1. The molecule has 0 bridgehead atoms. The molecule has 1 heterocycles. The standard InChI is InChI=1S/C11H21N/c1-2-5-11(6-3-1)7-10-12-8-4-9-12/h11H,1-10H2. The first-order valence-electron chi connectivity index (χ1n) is 5.67. The number of likely N-dealkylation sites (tertiary alicyclic amines) is 1. The third kappa shape index (κ3) is 2.22. The van der Waals surface area contributed by atoms with Gasteiger partial charge in [0.2, 0.25) is 0 Å². The van der Waals surface area contributed by atoms with Crippen LogP contribution in [0.1, 0.15) is 44.9 Å². The lowest BCUT2D eigenvalue weighted by atomic mass is 9.87. The van der Waals surface area contributed by atoms with Gasteiger partial charge in [-0.05, 0) is 38.4 Å². The molecule has 0 aromatic heterocycles. The highest BCUT2D eigenvalue weighted by molar-refractivity contribution is 4.72. The van der Waals surface area contributed by atoms with Crippen molar-refractivity contribution in [2.24, 2.45) is 5.92 Å². The highest BCUT2D eigenvalue weighted by atomic mass is 15.2. The van der Waals surface area contributed by atoms with Crippen LogP contribution in [0.4, 0.5) is 0 Å². The lowest BCUT2D eigenvalue weighted by molar-refractivity contribution is 0.161. The molecule has 0 N–H and O–H groups in total. The van der Waals surface area contributed by atoms with Crippen molar-refractivity contribution < 1.29 is 0 Å². The van der Waals surface area contributed by atoms with Crippen LogP contribution in [0.2, 0.25) is 0 Å². The van der Waals surface area contributed by atoms with E-state index in [2.05, 4.69) is 4.90 Å². The Balaban J connectivity index is 1.58. The molecule has 2 fully saturated rings. The first-order valence-corrected chi connectivity index (χ1v) is 5.67. The molecule has 0 aromatic carbocycles. The second-order valence-electron chi connectivity index (χ2n) is 4.49. The molecule has 70 valence electrons. The predicted octanol–water partition coefficient (Wildman–Crippen LogP) is 2.66. The van der Waals surface area contributed by atoms with Crippen molar-refractivity contribution in [3.63, 3.8) is 0 Å². The molecule has 0 aromatic rings. The average Bonchev–Trinajstić information content (AvgIpc) is 2.04. The van der Waals surface area contributed by atoms with Gasteiger partial charge < -0.3 is 4.90 Å². The van der Waals surface area contributed by atoms with E-state index in [-0.39, 0.29) is 0 Å². The number of rotatable bonds is 3. The van der Waals surface area contributed by atoms with Crippen LogP contribution in [-0.2, 0) is 0 Å². The fourth-order valence-electron chi connectivity index (χ4n) is 2.45. The van der Waals surface area contributed by atoms with Crippen molar-refractivity contribution in [1.82, 2.24) is 4.90 Å². The summed E-state index contributed by atoms with van der Waals surface area (Å²) in [5.41, 5.74) is 0. The van der Waals surface area contributed by atoms with Gasteiger partial charge in [0.25, 0.3) is 0 Å². The first-order chi connectivity index (χ1) is 5.95. The van der Waals surface area contributed by atoms with Gasteiger partial charge in [0, 0.05) is 0 Å². The van der Waals surface area contributed by atoms with E-state index >= 15 is 0 Å². The zero-order chi connectivity index (χ0) is 8.23. The maximum atomic E-state index is 2.61. The van der Waals surface area contributed by atoms with E-state index in [0.29, 0.717) is 0 Å². The van der Waals surface area contributed by atoms with Gasteiger partial charge in [-0.15, -0.1) is 0 Å². The predicted molar refractivity (Wildman–Crippen MR) is 52.2 cm³/mol. The van der Waals surface area contributed by atoms with E-state index in [4.69, 9.17) is 0 Å². The topological polar surface area (TPSA) is 3.24 Å². The minimum Gasteiger partial charge on any atom is -0.303 e. The molecule has 1 saturated heterocycles. The summed E-state index contributed by atoms with van der Waals surface area (Å²) < 4.78 is 0. The van der Waals surface area contributed by atoms with E-state index in [1.54, 1.807) is 0 Å². The van der Waals surface area contributed by atoms with Gasteiger partial charge >= 0.3 is 0 Å². The Kier molecular flexibility index (Phi) is 3.04. The summed E-state index contributed by atoms with van der Waals surface area (Å²) in [6.45, 7) is 4.16. The van der Waals surface area contributed by atoms with Crippen molar-refractivity contribution in [2.45, 2.75) is 44.9 Å². The maximum Gasteiger partial charge on any atom is -0.000654 e. The van der Waals surface area contributed by atoms with Crippen LogP contribution in [0.25, 0.3) is 0 Å². The van der Waals surface area contributed by atoms with Crippen molar-refractivity contribution >= 4 is 0 Å². The number of hydrogen-bond acceptors (Lipinski definition) is 1. The second-order valence-corrected chi connectivity index (χ2v) is 4.49. The maximum absolute atomic E-state index is 2.61. The van der Waals surface area contributed by atoms with E-state index in [9.17, 15) is 0 Å². The van der Waals surface area contributed by atoms with Crippen molar-refractivity contribution in [3.8, 4) is 0 Å². The van der Waals surface area contributed by atoms with Crippen LogP contribution in [0, 0.1) is 5.92 Å². The minimum absolute atomic E-state index is 1.08. The lowest BCUT2D eigenvalue weighted by Gasteiger charge is -2.32. The molecule has 0 amide bonds. The fourth-order valence-corrected chi connectivity index (χ4v) is 2.45. The minimum atomic E-state index is 1.08. The van der Waals surface area contributed by atoms with E-state index in [1.807, 2.05) is 0 Å². The Hall–Kier alpha value is -0.0400. The molecule has 1 heteroatoms. The summed E-state index contributed by atoms with van der Waals surface area (Å²) in [7, 11) is 0. The fraction of sp³-hybridized carbons (Fsp3) is 1.00. The van der Waals surface area contributed by atoms with Crippen molar-refractivity contribution in [1.29, 1.82) is 0 Å². The summed E-state index contributed by atoms with van der Waals surface area (Å²) in [4.78, 5) is 2.61. The number of hydrogen-bond donors (Lipinski definition) is 0. The largest absolute Gasteiger partial charge is 0.303 e. The summed E-state index contributed by atoms with van der Waals surface area (Å²) in [6, 6.07) is 0. The Morgan fingerprint density at radius 3 is 2.25 bits per heavy atom. The van der Waals surface area contributed by atoms with Crippen LogP contribution in [0.5, 0.6) is 0 Å². The van der Waals surface area contributed by atoms with E-state index < -0.39 is 0 Å². The highest BCUT2D eigenvalue weighted by Crippen LogP contribution is 2.26. The summed E-state index contributed by atoms with van der Waals surface area (Å²) in [6.07, 6.45) is 10.5. The Bertz CT molecular complexity index is 123. The van der Waals surface area contributed by atoms with Gasteiger partial charge in [-0.1, -0.05) is 32.1 Å². The zero-order valence-electron chi connectivity index (χ0n) is 8.10. The monoisotopic (exact) mass is 167 g/mol. The third-order valence-corrected chi connectivity index (χ3v) is 3.53. The molecule has 2 rings (SSSR count). The molecule has 1 aliphatic heterocycles. The molecule has 1 aliphatic carbocycles. The molecular formula is C11H21N. The summed E-state index contributed by atoms with van der Waals surface area (Å²) in [5, 5.41) is 0. The molecule has 0 radical (unpaired) electrons. The van der Waals surface area contributed by atoms with Gasteiger partial charge in [0.1, 0.15) is 0 Å². The van der Waals surface area contributed by atoms with Gasteiger partial charge in [-0.3, -0.25) is 0 Å². The Labute approximate surface area is 76.1 Å². The average molecular weight is 167 g/mol. The molecule has 1 nitrogen and oxygen atoms in total. The Morgan fingerprint density at radius 2 is 1.67 bits per heavy atom. The van der Waals surface area contributed by atoms with E-state index in [0.717, 1.165) is 5.92 Å². The van der Waals surface area contributed by atoms with E-state index in [1.165, 1.54) is 64.6 Å². The normalized spacial score (nSPS) is 27.0. The second kappa shape index (κ2) is 4.27. The van der Waals surface area contributed by atoms with Crippen molar-refractivity contribution in [3.05, 3.63) is 0 Å². The van der Waals surface area contributed by atoms with Crippen LogP contribution in [0.3, 0.4) is 0 Å². The molecule has 2 aliphatic rings. The van der Waals surface area contributed by atoms with Crippen LogP contribution >= 0.6 is 0 Å². The molecule has 0 spiro atoms. The lowest BCUT2D eigenvalue weighted by Crippen LogP contribution is -2.38. The zero-order valence-corrected chi connectivity index (χ0v) is 8.10. The number of nitrogens with zero attached hydrogens (tertiary/aromatic N) is 1. The first kappa shape index (κ1) is 8.55.